The number of aromatic hydroxyl groups is 1. The van der Waals surface area contributed by atoms with Crippen LogP contribution in [0, 0.1) is 6.92 Å². The normalized spacial score (nSPS) is 12.2. The zero-order valence-electron chi connectivity index (χ0n) is 13.6. The maximum Gasteiger partial charge on any atom is 0.253 e. The van der Waals surface area contributed by atoms with Gasteiger partial charge in [0.25, 0.3) is 5.91 Å². The summed E-state index contributed by atoms with van der Waals surface area (Å²) in [4.78, 5) is 12.5. The SMILES string of the molecule is Cc1ccccc1C(=O)N[C@@H](NC(=S)Nc1cccc(O)c1)C(Cl)(Cl)Cl. The number of amides is 1. The lowest BCUT2D eigenvalue weighted by molar-refractivity contribution is 0.0934. The molecule has 1 atom stereocenters. The molecule has 4 N–H and O–H groups in total. The zero-order valence-corrected chi connectivity index (χ0v) is 16.7. The van der Waals surface area contributed by atoms with Gasteiger partial charge in [-0.05, 0) is 42.9 Å². The standard InChI is InChI=1S/C17H16Cl3N3O2S/c1-10-5-2-3-8-13(10)14(25)22-15(17(18,19)20)23-16(26)21-11-6-4-7-12(24)9-11/h2-9,15,24H,1H3,(H,22,25)(H2,21,23,26)/t15-/m0/s1. The molecule has 26 heavy (non-hydrogen) atoms. The second-order valence-corrected chi connectivity index (χ2v) is 8.19. The zero-order chi connectivity index (χ0) is 19.3. The number of phenols is 1. The summed E-state index contributed by atoms with van der Waals surface area (Å²) in [5.74, 6) is -0.337. The fourth-order valence-corrected chi connectivity index (χ4v) is 2.68. The molecule has 0 saturated heterocycles. The van der Waals surface area contributed by atoms with Crippen molar-refractivity contribution < 1.29 is 9.90 Å². The third-order valence-electron chi connectivity index (χ3n) is 3.37. The van der Waals surface area contributed by atoms with Crippen LogP contribution in [-0.2, 0) is 0 Å². The minimum atomic E-state index is -1.86. The number of alkyl halides is 3. The Bertz CT molecular complexity index is 812. The van der Waals surface area contributed by atoms with Gasteiger partial charge < -0.3 is 21.1 Å². The Balaban J connectivity index is 2.09. The Kier molecular flexibility index (Phi) is 6.94. The fraction of sp³-hybridized carbons (Fsp3) is 0.176. The first-order valence-corrected chi connectivity index (χ1v) is 9.01. The second kappa shape index (κ2) is 8.77. The van der Waals surface area contributed by atoms with E-state index in [1.165, 1.54) is 12.1 Å². The van der Waals surface area contributed by atoms with E-state index in [1.54, 1.807) is 37.3 Å². The van der Waals surface area contributed by atoms with Gasteiger partial charge in [-0.2, -0.15) is 0 Å². The van der Waals surface area contributed by atoms with Crippen LogP contribution in [0.3, 0.4) is 0 Å². The molecule has 138 valence electrons. The van der Waals surface area contributed by atoms with E-state index in [0.29, 0.717) is 11.3 Å². The third kappa shape index (κ3) is 5.92. The predicted octanol–water partition coefficient (Wildman–Crippen LogP) is 4.11. The van der Waals surface area contributed by atoms with Gasteiger partial charge in [-0.1, -0.05) is 59.1 Å². The highest BCUT2D eigenvalue weighted by molar-refractivity contribution is 7.80. The molecule has 0 fully saturated rings. The van der Waals surface area contributed by atoms with Crippen molar-refractivity contribution in [2.24, 2.45) is 0 Å². The summed E-state index contributed by atoms with van der Waals surface area (Å²) < 4.78 is -1.86. The second-order valence-electron chi connectivity index (χ2n) is 5.41. The van der Waals surface area contributed by atoms with Crippen molar-refractivity contribution in [3.63, 3.8) is 0 Å². The lowest BCUT2D eigenvalue weighted by Gasteiger charge is -2.28. The van der Waals surface area contributed by atoms with Crippen molar-refractivity contribution in [2.75, 3.05) is 5.32 Å². The summed E-state index contributed by atoms with van der Waals surface area (Å²) in [6, 6.07) is 13.4. The predicted molar refractivity (Wildman–Crippen MR) is 110 cm³/mol. The number of halogens is 3. The lowest BCUT2D eigenvalue weighted by Crippen LogP contribution is -2.56. The van der Waals surface area contributed by atoms with Crippen LogP contribution in [0.5, 0.6) is 5.75 Å². The topological polar surface area (TPSA) is 73.4 Å². The van der Waals surface area contributed by atoms with Crippen LogP contribution in [0.25, 0.3) is 0 Å². The Hall–Kier alpha value is -1.73. The molecular weight excluding hydrogens is 417 g/mol. The molecule has 0 radical (unpaired) electrons. The van der Waals surface area contributed by atoms with E-state index < -0.39 is 15.9 Å². The monoisotopic (exact) mass is 431 g/mol. The van der Waals surface area contributed by atoms with Crippen molar-refractivity contribution in [1.29, 1.82) is 0 Å². The van der Waals surface area contributed by atoms with Crippen LogP contribution >= 0.6 is 47.0 Å². The Morgan fingerprint density at radius 2 is 1.81 bits per heavy atom. The average Bonchev–Trinajstić information content (AvgIpc) is 2.53. The summed E-state index contributed by atoms with van der Waals surface area (Å²) in [6.07, 6.45) is -1.09. The number of hydrogen-bond acceptors (Lipinski definition) is 3. The van der Waals surface area contributed by atoms with Crippen molar-refractivity contribution >= 4 is 63.7 Å². The van der Waals surface area contributed by atoms with Gasteiger partial charge in [0.1, 0.15) is 11.9 Å². The molecule has 2 aromatic carbocycles. The molecule has 0 unspecified atom stereocenters. The Morgan fingerprint density at radius 3 is 2.42 bits per heavy atom. The average molecular weight is 433 g/mol. The summed E-state index contributed by atoms with van der Waals surface area (Å²) in [6.45, 7) is 1.81. The van der Waals surface area contributed by atoms with Gasteiger partial charge in [-0.3, -0.25) is 4.79 Å². The molecule has 0 bridgehead atoms. The van der Waals surface area contributed by atoms with Gasteiger partial charge in [-0.25, -0.2) is 0 Å². The van der Waals surface area contributed by atoms with Gasteiger partial charge in [0.2, 0.25) is 3.79 Å². The van der Waals surface area contributed by atoms with E-state index in [1.807, 2.05) is 6.07 Å². The van der Waals surface area contributed by atoms with Gasteiger partial charge in [0.05, 0.1) is 0 Å². The molecule has 2 aromatic rings. The molecule has 5 nitrogen and oxygen atoms in total. The van der Waals surface area contributed by atoms with Crippen molar-refractivity contribution in [1.82, 2.24) is 10.6 Å². The van der Waals surface area contributed by atoms with Crippen LogP contribution in [0.2, 0.25) is 0 Å². The van der Waals surface area contributed by atoms with Gasteiger partial charge in [-0.15, -0.1) is 0 Å². The summed E-state index contributed by atoms with van der Waals surface area (Å²) in [7, 11) is 0. The number of anilines is 1. The first-order chi connectivity index (χ1) is 12.2. The Morgan fingerprint density at radius 1 is 1.12 bits per heavy atom. The molecule has 0 saturated carbocycles. The minimum absolute atomic E-state index is 0.0728. The number of hydrogen-bond donors (Lipinski definition) is 4. The number of carbonyl (C=O) groups excluding carboxylic acids is 1. The largest absolute Gasteiger partial charge is 0.508 e. The Labute approximate surface area is 171 Å². The molecule has 0 spiro atoms. The maximum atomic E-state index is 12.5. The van der Waals surface area contributed by atoms with E-state index in [9.17, 15) is 9.90 Å². The minimum Gasteiger partial charge on any atom is -0.508 e. The molecule has 0 heterocycles. The molecule has 9 heteroatoms. The highest BCUT2D eigenvalue weighted by Crippen LogP contribution is 2.29. The molecule has 0 aliphatic heterocycles. The van der Waals surface area contributed by atoms with Gasteiger partial charge >= 0.3 is 0 Å². The van der Waals surface area contributed by atoms with Crippen LogP contribution in [0.15, 0.2) is 48.5 Å². The summed E-state index contributed by atoms with van der Waals surface area (Å²) in [5.41, 5.74) is 1.78. The number of thiocarbonyl (C=S) groups is 1. The maximum absolute atomic E-state index is 12.5. The number of phenolic OH excluding ortho intramolecular Hbond substituents is 1. The van der Waals surface area contributed by atoms with Crippen molar-refractivity contribution in [2.45, 2.75) is 16.9 Å². The first kappa shape index (κ1) is 20.6. The highest BCUT2D eigenvalue weighted by Gasteiger charge is 2.35. The smallest absolute Gasteiger partial charge is 0.253 e. The number of nitrogens with one attached hydrogen (secondary N) is 3. The quantitative estimate of drug-likeness (QED) is 0.332. The van der Waals surface area contributed by atoms with Crippen molar-refractivity contribution in [3.05, 3.63) is 59.7 Å². The molecule has 2 rings (SSSR count). The third-order valence-corrected chi connectivity index (χ3v) is 4.25. The van der Waals surface area contributed by atoms with Crippen molar-refractivity contribution in [3.8, 4) is 5.75 Å². The van der Waals surface area contributed by atoms with Gasteiger partial charge in [0.15, 0.2) is 5.11 Å². The number of rotatable bonds is 4. The number of benzene rings is 2. The lowest BCUT2D eigenvalue weighted by atomic mass is 10.1. The van der Waals surface area contributed by atoms with E-state index in [4.69, 9.17) is 47.0 Å². The fourth-order valence-electron chi connectivity index (χ4n) is 2.12. The molecular formula is C17H16Cl3N3O2S. The molecule has 1 amide bonds. The van der Waals surface area contributed by atoms with Crippen LogP contribution in [-0.4, -0.2) is 26.1 Å². The highest BCUT2D eigenvalue weighted by atomic mass is 35.6. The number of aryl methyl sites for hydroxylation is 1. The first-order valence-electron chi connectivity index (χ1n) is 7.46. The molecule has 0 aliphatic carbocycles. The van der Waals surface area contributed by atoms with Gasteiger partial charge in [0, 0.05) is 17.3 Å². The van der Waals surface area contributed by atoms with E-state index in [0.717, 1.165) is 5.56 Å². The molecule has 0 aromatic heterocycles. The van der Waals surface area contributed by atoms with Crippen LogP contribution in [0.4, 0.5) is 5.69 Å². The summed E-state index contributed by atoms with van der Waals surface area (Å²) >= 11 is 23.1. The number of carbonyl (C=O) groups is 1. The molecule has 0 aliphatic rings. The summed E-state index contributed by atoms with van der Waals surface area (Å²) in [5, 5.41) is 17.8. The van der Waals surface area contributed by atoms with Crippen LogP contribution in [0.1, 0.15) is 15.9 Å². The van der Waals surface area contributed by atoms with E-state index >= 15 is 0 Å². The van der Waals surface area contributed by atoms with Crippen LogP contribution < -0.4 is 16.0 Å². The van der Waals surface area contributed by atoms with E-state index in [-0.39, 0.29) is 10.9 Å². The van der Waals surface area contributed by atoms with E-state index in [2.05, 4.69) is 16.0 Å².